The summed E-state index contributed by atoms with van der Waals surface area (Å²) in [4.78, 5) is 30.8. The predicted octanol–water partition coefficient (Wildman–Crippen LogP) is 4.78. The van der Waals surface area contributed by atoms with E-state index in [9.17, 15) is 9.59 Å². The Morgan fingerprint density at radius 2 is 1.88 bits per heavy atom. The molecule has 1 aliphatic rings. The fraction of sp³-hybridized carbons (Fsp3) is 0.154. The number of benzene rings is 3. The van der Waals surface area contributed by atoms with E-state index in [1.54, 1.807) is 17.0 Å². The van der Waals surface area contributed by atoms with Crippen molar-refractivity contribution in [1.29, 1.82) is 0 Å². The molecule has 32 heavy (non-hydrogen) atoms. The van der Waals surface area contributed by atoms with E-state index in [0.717, 1.165) is 34.3 Å². The van der Waals surface area contributed by atoms with E-state index in [4.69, 9.17) is 5.73 Å². The van der Waals surface area contributed by atoms with E-state index >= 15 is 0 Å². The summed E-state index contributed by atoms with van der Waals surface area (Å²) in [6.07, 6.45) is 2.69. The van der Waals surface area contributed by atoms with Gasteiger partial charge in [-0.05, 0) is 72.3 Å². The van der Waals surface area contributed by atoms with Crippen LogP contribution in [-0.2, 0) is 0 Å². The van der Waals surface area contributed by atoms with Gasteiger partial charge in [0.05, 0.1) is 11.4 Å². The molecule has 1 aromatic heterocycles. The maximum atomic E-state index is 13.5. The first kappa shape index (κ1) is 19.9. The lowest BCUT2D eigenvalue weighted by atomic mass is 9.95. The van der Waals surface area contributed by atoms with Gasteiger partial charge in [-0.3, -0.25) is 9.59 Å². The minimum absolute atomic E-state index is 0.150. The van der Waals surface area contributed by atoms with Crippen LogP contribution in [0.5, 0.6) is 0 Å². The first-order valence-electron chi connectivity index (χ1n) is 10.7. The van der Waals surface area contributed by atoms with E-state index in [0.29, 0.717) is 23.2 Å². The number of hydrogen-bond acceptors (Lipinski definition) is 3. The zero-order valence-electron chi connectivity index (χ0n) is 17.8. The number of primary amides is 1. The Morgan fingerprint density at radius 3 is 2.72 bits per heavy atom. The molecule has 1 atom stereocenters. The highest BCUT2D eigenvalue weighted by Gasteiger charge is 2.25. The van der Waals surface area contributed by atoms with Gasteiger partial charge in [-0.2, -0.15) is 0 Å². The molecule has 0 aliphatic carbocycles. The highest BCUT2D eigenvalue weighted by molar-refractivity contribution is 6.10. The highest BCUT2D eigenvalue weighted by Crippen LogP contribution is 2.32. The monoisotopic (exact) mass is 424 g/mol. The van der Waals surface area contributed by atoms with Crippen LogP contribution in [0.4, 0.5) is 11.4 Å². The molecule has 2 amide bonds. The summed E-state index contributed by atoms with van der Waals surface area (Å²) in [6.45, 7) is 2.69. The molecule has 0 fully saturated rings. The van der Waals surface area contributed by atoms with E-state index in [1.165, 1.54) is 0 Å². The van der Waals surface area contributed by atoms with Gasteiger partial charge >= 0.3 is 0 Å². The minimum Gasteiger partial charge on any atom is -0.381 e. The van der Waals surface area contributed by atoms with Gasteiger partial charge in [-0.1, -0.05) is 24.3 Å². The fourth-order valence-corrected chi connectivity index (χ4v) is 4.33. The second-order valence-electron chi connectivity index (χ2n) is 8.21. The van der Waals surface area contributed by atoms with Gasteiger partial charge in [0.2, 0.25) is 5.91 Å². The largest absolute Gasteiger partial charge is 0.381 e. The second kappa shape index (κ2) is 7.89. The van der Waals surface area contributed by atoms with Crippen molar-refractivity contribution in [1.82, 2.24) is 4.98 Å². The van der Waals surface area contributed by atoms with Crippen molar-refractivity contribution in [3.8, 4) is 11.1 Å². The van der Waals surface area contributed by atoms with Crippen LogP contribution in [0.25, 0.3) is 22.0 Å². The van der Waals surface area contributed by atoms with Crippen LogP contribution in [0.2, 0.25) is 0 Å². The Bertz CT molecular complexity index is 1340. The summed E-state index contributed by atoms with van der Waals surface area (Å²) in [5.74, 6) is -0.709. The summed E-state index contributed by atoms with van der Waals surface area (Å²) >= 11 is 0. The van der Waals surface area contributed by atoms with Gasteiger partial charge in [0.25, 0.3) is 5.91 Å². The number of para-hydroxylation sites is 2. The molecular weight excluding hydrogens is 400 g/mol. The molecule has 5 rings (SSSR count). The molecule has 0 bridgehead atoms. The molecule has 4 N–H and O–H groups in total. The maximum absolute atomic E-state index is 13.5. The minimum atomic E-state index is -0.560. The smallest absolute Gasteiger partial charge is 0.258 e. The Labute approximate surface area is 186 Å². The number of rotatable bonds is 3. The number of fused-ring (bicyclic) bond motifs is 2. The zero-order chi connectivity index (χ0) is 22.2. The normalized spacial score (nSPS) is 15.7. The number of aromatic amines is 1. The molecule has 1 aliphatic heterocycles. The summed E-state index contributed by atoms with van der Waals surface area (Å²) < 4.78 is 0. The second-order valence-corrected chi connectivity index (χ2v) is 8.21. The Balaban J connectivity index is 1.55. The van der Waals surface area contributed by atoms with Crippen molar-refractivity contribution in [2.24, 2.45) is 5.73 Å². The topological polar surface area (TPSA) is 91.2 Å². The van der Waals surface area contributed by atoms with Crippen LogP contribution in [-0.4, -0.2) is 29.4 Å². The third kappa shape index (κ3) is 3.50. The van der Waals surface area contributed by atoms with Gasteiger partial charge in [0.1, 0.15) is 0 Å². The van der Waals surface area contributed by atoms with E-state index in [1.807, 2.05) is 60.8 Å². The van der Waals surface area contributed by atoms with Crippen LogP contribution < -0.4 is 16.0 Å². The standard InChI is InChI=1S/C26H24N4O2/c1-16-11-13-30(24-5-3-2-4-23(24)29-16)26(32)19-6-8-20(21(15-19)25(27)31)17-7-9-22-18(14-17)10-12-28-22/h2-10,12,14-16,28-29H,11,13H2,1H3,(H2,27,31). The average molecular weight is 425 g/mol. The maximum Gasteiger partial charge on any atom is 0.258 e. The Morgan fingerprint density at radius 1 is 1.03 bits per heavy atom. The Hall–Kier alpha value is -4.06. The van der Waals surface area contributed by atoms with Gasteiger partial charge in [-0.25, -0.2) is 0 Å². The van der Waals surface area contributed by atoms with Gasteiger partial charge in [0, 0.05) is 35.4 Å². The van der Waals surface area contributed by atoms with Crippen LogP contribution in [0.15, 0.2) is 72.9 Å². The molecule has 0 saturated heterocycles. The van der Waals surface area contributed by atoms with Gasteiger partial charge < -0.3 is 20.9 Å². The SMILES string of the molecule is CC1CCN(C(=O)c2ccc(-c3ccc4[nH]ccc4c3)c(C(N)=O)c2)c2ccccc2N1. The van der Waals surface area contributed by atoms with Crippen LogP contribution in [0.1, 0.15) is 34.1 Å². The zero-order valence-corrected chi connectivity index (χ0v) is 17.8. The number of carbonyl (C=O) groups excluding carboxylic acids is 2. The third-order valence-electron chi connectivity index (χ3n) is 6.02. The molecule has 3 aromatic carbocycles. The lowest BCUT2D eigenvalue weighted by molar-refractivity contribution is 0.0987. The first-order valence-corrected chi connectivity index (χ1v) is 10.7. The molecule has 6 heteroatoms. The number of aromatic nitrogens is 1. The number of nitrogens with one attached hydrogen (secondary N) is 2. The van der Waals surface area contributed by atoms with Gasteiger partial charge in [0.15, 0.2) is 0 Å². The first-order chi connectivity index (χ1) is 15.5. The molecule has 0 spiro atoms. The summed E-state index contributed by atoms with van der Waals surface area (Å²) in [5.41, 5.74) is 10.9. The summed E-state index contributed by atoms with van der Waals surface area (Å²) in [5, 5.41) is 4.50. The number of hydrogen-bond donors (Lipinski definition) is 3. The van der Waals surface area contributed by atoms with Crippen molar-refractivity contribution in [3.63, 3.8) is 0 Å². The quantitative estimate of drug-likeness (QED) is 0.442. The molecule has 4 aromatic rings. The fourth-order valence-electron chi connectivity index (χ4n) is 4.33. The van der Waals surface area contributed by atoms with E-state index in [-0.39, 0.29) is 11.9 Å². The van der Waals surface area contributed by atoms with Crippen molar-refractivity contribution in [2.75, 3.05) is 16.8 Å². The molecule has 160 valence electrons. The van der Waals surface area contributed by atoms with E-state index < -0.39 is 5.91 Å². The molecular formula is C26H24N4O2. The third-order valence-corrected chi connectivity index (χ3v) is 6.02. The number of nitrogens with two attached hydrogens (primary N) is 1. The number of carbonyl (C=O) groups is 2. The molecule has 0 saturated carbocycles. The van der Waals surface area contributed by atoms with Crippen molar-refractivity contribution >= 4 is 34.1 Å². The van der Waals surface area contributed by atoms with Crippen molar-refractivity contribution in [2.45, 2.75) is 19.4 Å². The van der Waals surface area contributed by atoms with Crippen molar-refractivity contribution in [3.05, 3.63) is 84.1 Å². The van der Waals surface area contributed by atoms with Crippen LogP contribution in [0, 0.1) is 0 Å². The van der Waals surface area contributed by atoms with Crippen molar-refractivity contribution < 1.29 is 9.59 Å². The summed E-state index contributed by atoms with van der Waals surface area (Å²) in [7, 11) is 0. The average Bonchev–Trinajstić information content (AvgIpc) is 3.20. The number of nitrogens with zero attached hydrogens (tertiary/aromatic N) is 1. The number of H-pyrrole nitrogens is 1. The lowest BCUT2D eigenvalue weighted by Gasteiger charge is -2.23. The molecule has 2 heterocycles. The Kier molecular flexibility index (Phi) is 4.90. The van der Waals surface area contributed by atoms with Crippen LogP contribution in [0.3, 0.4) is 0 Å². The summed E-state index contributed by atoms with van der Waals surface area (Å²) in [6, 6.07) is 21.1. The highest BCUT2D eigenvalue weighted by atomic mass is 16.2. The number of amides is 2. The van der Waals surface area contributed by atoms with E-state index in [2.05, 4.69) is 17.2 Å². The molecule has 1 unspecified atom stereocenters. The van der Waals surface area contributed by atoms with Gasteiger partial charge in [-0.15, -0.1) is 0 Å². The lowest BCUT2D eigenvalue weighted by Crippen LogP contribution is -2.32. The number of anilines is 2. The molecule has 0 radical (unpaired) electrons. The predicted molar refractivity (Wildman–Crippen MR) is 128 cm³/mol. The molecule has 6 nitrogen and oxygen atoms in total. The van der Waals surface area contributed by atoms with Crippen LogP contribution >= 0.6 is 0 Å².